The molecule has 108 valence electrons. The first-order valence-corrected chi connectivity index (χ1v) is 8.16. The van der Waals surface area contributed by atoms with E-state index in [1.807, 2.05) is 34.6 Å². The zero-order valence-corrected chi connectivity index (χ0v) is 14.0. The highest BCUT2D eigenvalue weighted by atomic mass is 32.1. The van der Waals surface area contributed by atoms with Gasteiger partial charge in [0.2, 0.25) is 5.91 Å². The standard InChI is InChI=1S/C14H19N3OS2/c1-7-12(20-10(4)15-7)6-13(18)16-8(2)14-9(3)19-11(5)17-14/h8H,6H2,1-5H3,(H,16,18)/t8-/m0/s1. The van der Waals surface area contributed by atoms with Crippen molar-refractivity contribution in [3.8, 4) is 0 Å². The van der Waals surface area contributed by atoms with Crippen molar-refractivity contribution in [1.29, 1.82) is 0 Å². The van der Waals surface area contributed by atoms with Gasteiger partial charge in [-0.3, -0.25) is 4.79 Å². The average Bonchev–Trinajstić information content (AvgIpc) is 2.81. The molecule has 2 aromatic heterocycles. The molecule has 0 unspecified atom stereocenters. The molecule has 0 radical (unpaired) electrons. The predicted molar refractivity (Wildman–Crippen MR) is 83.4 cm³/mol. The smallest absolute Gasteiger partial charge is 0.225 e. The number of hydrogen-bond acceptors (Lipinski definition) is 5. The number of aryl methyl sites for hydroxylation is 4. The van der Waals surface area contributed by atoms with Gasteiger partial charge < -0.3 is 5.32 Å². The molecule has 2 heterocycles. The molecule has 0 aliphatic rings. The van der Waals surface area contributed by atoms with Crippen molar-refractivity contribution in [3.05, 3.63) is 31.2 Å². The summed E-state index contributed by atoms with van der Waals surface area (Å²) in [5.74, 6) is 0.0225. The normalized spacial score (nSPS) is 12.4. The van der Waals surface area contributed by atoms with Gasteiger partial charge in [0.25, 0.3) is 0 Å². The largest absolute Gasteiger partial charge is 0.348 e. The van der Waals surface area contributed by atoms with Gasteiger partial charge in [0.1, 0.15) is 0 Å². The monoisotopic (exact) mass is 309 g/mol. The van der Waals surface area contributed by atoms with Gasteiger partial charge >= 0.3 is 0 Å². The lowest BCUT2D eigenvalue weighted by Crippen LogP contribution is -2.28. The van der Waals surface area contributed by atoms with Gasteiger partial charge in [-0.25, -0.2) is 9.97 Å². The topological polar surface area (TPSA) is 54.9 Å². The zero-order valence-electron chi connectivity index (χ0n) is 12.4. The molecule has 4 nitrogen and oxygen atoms in total. The van der Waals surface area contributed by atoms with Gasteiger partial charge in [-0.15, -0.1) is 22.7 Å². The Bertz CT molecular complexity index is 630. The third-order valence-corrected chi connectivity index (χ3v) is 5.02. The predicted octanol–water partition coefficient (Wildman–Crippen LogP) is 3.25. The van der Waals surface area contributed by atoms with Gasteiger partial charge in [-0.2, -0.15) is 0 Å². The maximum atomic E-state index is 12.1. The van der Waals surface area contributed by atoms with E-state index < -0.39 is 0 Å². The maximum Gasteiger partial charge on any atom is 0.225 e. The van der Waals surface area contributed by atoms with Crippen LogP contribution < -0.4 is 5.32 Å². The van der Waals surface area contributed by atoms with Gasteiger partial charge in [-0.05, 0) is 34.6 Å². The van der Waals surface area contributed by atoms with Crippen molar-refractivity contribution in [3.63, 3.8) is 0 Å². The molecule has 0 saturated carbocycles. The highest BCUT2D eigenvalue weighted by Gasteiger charge is 2.17. The van der Waals surface area contributed by atoms with E-state index in [1.54, 1.807) is 22.7 Å². The zero-order chi connectivity index (χ0) is 14.9. The molecule has 1 amide bonds. The molecular formula is C14H19N3OS2. The number of carbonyl (C=O) groups excluding carboxylic acids is 1. The highest BCUT2D eigenvalue weighted by molar-refractivity contribution is 7.12. The Morgan fingerprint density at radius 2 is 1.80 bits per heavy atom. The fourth-order valence-corrected chi connectivity index (χ4v) is 4.04. The second-order valence-corrected chi connectivity index (χ2v) is 7.58. The summed E-state index contributed by atoms with van der Waals surface area (Å²) in [4.78, 5) is 23.2. The van der Waals surface area contributed by atoms with Gasteiger partial charge in [0.15, 0.2) is 0 Å². The minimum Gasteiger partial charge on any atom is -0.348 e. The molecule has 0 aliphatic heterocycles. The van der Waals surface area contributed by atoms with E-state index >= 15 is 0 Å². The maximum absolute atomic E-state index is 12.1. The molecule has 6 heteroatoms. The van der Waals surface area contributed by atoms with E-state index in [4.69, 9.17) is 0 Å². The summed E-state index contributed by atoms with van der Waals surface area (Å²) in [6.07, 6.45) is 0.393. The number of nitrogens with one attached hydrogen (secondary N) is 1. The van der Waals surface area contributed by atoms with Crippen LogP contribution in [0.15, 0.2) is 0 Å². The van der Waals surface area contributed by atoms with Crippen molar-refractivity contribution in [2.75, 3.05) is 0 Å². The van der Waals surface area contributed by atoms with Crippen LogP contribution in [0.2, 0.25) is 0 Å². The lowest BCUT2D eigenvalue weighted by Gasteiger charge is -2.12. The van der Waals surface area contributed by atoms with Crippen molar-refractivity contribution < 1.29 is 4.79 Å². The molecule has 2 aromatic rings. The number of amides is 1. The van der Waals surface area contributed by atoms with Crippen LogP contribution in [0.3, 0.4) is 0 Å². The molecule has 0 aromatic carbocycles. The number of nitrogens with zero attached hydrogens (tertiary/aromatic N) is 2. The lowest BCUT2D eigenvalue weighted by molar-refractivity contribution is -0.121. The molecule has 0 fully saturated rings. The molecular weight excluding hydrogens is 290 g/mol. The highest BCUT2D eigenvalue weighted by Crippen LogP contribution is 2.23. The summed E-state index contributed by atoms with van der Waals surface area (Å²) in [6.45, 7) is 9.91. The third kappa shape index (κ3) is 3.43. The van der Waals surface area contributed by atoms with E-state index in [0.717, 1.165) is 26.3 Å². The first-order valence-electron chi connectivity index (χ1n) is 6.53. The van der Waals surface area contributed by atoms with E-state index in [9.17, 15) is 4.79 Å². The number of aromatic nitrogens is 2. The quantitative estimate of drug-likeness (QED) is 0.943. The number of hydrogen-bond donors (Lipinski definition) is 1. The van der Waals surface area contributed by atoms with Crippen LogP contribution in [-0.2, 0) is 11.2 Å². The van der Waals surface area contributed by atoms with Crippen LogP contribution >= 0.6 is 22.7 Å². The van der Waals surface area contributed by atoms with Crippen molar-refractivity contribution in [1.82, 2.24) is 15.3 Å². The van der Waals surface area contributed by atoms with E-state index in [0.29, 0.717) is 6.42 Å². The van der Waals surface area contributed by atoms with E-state index in [-0.39, 0.29) is 11.9 Å². The summed E-state index contributed by atoms with van der Waals surface area (Å²) in [5.41, 5.74) is 1.93. The molecule has 1 atom stereocenters. The Balaban J connectivity index is 2.01. The molecule has 0 saturated heterocycles. The van der Waals surface area contributed by atoms with Crippen molar-refractivity contribution in [2.45, 2.75) is 47.1 Å². The van der Waals surface area contributed by atoms with Gasteiger partial charge in [0.05, 0.1) is 33.9 Å². The Morgan fingerprint density at radius 1 is 1.15 bits per heavy atom. The SMILES string of the molecule is Cc1nc([C@H](C)NC(=O)Cc2sc(C)nc2C)c(C)s1. The Labute approximate surface area is 127 Å². The van der Waals surface area contributed by atoms with Crippen molar-refractivity contribution in [2.24, 2.45) is 0 Å². The van der Waals surface area contributed by atoms with Crippen LogP contribution in [0.4, 0.5) is 0 Å². The second-order valence-electron chi connectivity index (χ2n) is 4.88. The fourth-order valence-electron chi connectivity index (χ4n) is 2.19. The Kier molecular flexibility index (Phi) is 4.55. The van der Waals surface area contributed by atoms with Crippen LogP contribution in [-0.4, -0.2) is 15.9 Å². The first kappa shape index (κ1) is 15.1. The Morgan fingerprint density at radius 3 is 2.30 bits per heavy atom. The molecule has 20 heavy (non-hydrogen) atoms. The van der Waals surface area contributed by atoms with Gasteiger partial charge in [0, 0.05) is 9.75 Å². The lowest BCUT2D eigenvalue weighted by atomic mass is 10.2. The van der Waals surface area contributed by atoms with E-state index in [2.05, 4.69) is 15.3 Å². The van der Waals surface area contributed by atoms with Crippen LogP contribution in [0, 0.1) is 27.7 Å². The van der Waals surface area contributed by atoms with E-state index in [1.165, 1.54) is 4.88 Å². The number of thiazole rings is 2. The minimum absolute atomic E-state index is 0.0225. The van der Waals surface area contributed by atoms with Crippen LogP contribution in [0.5, 0.6) is 0 Å². The van der Waals surface area contributed by atoms with Crippen LogP contribution in [0.1, 0.15) is 44.1 Å². The fraction of sp³-hybridized carbons (Fsp3) is 0.500. The van der Waals surface area contributed by atoms with Crippen LogP contribution in [0.25, 0.3) is 0 Å². The minimum atomic E-state index is -0.0539. The van der Waals surface area contributed by atoms with Crippen molar-refractivity contribution >= 4 is 28.6 Å². The summed E-state index contributed by atoms with van der Waals surface area (Å²) in [6, 6.07) is -0.0539. The van der Waals surface area contributed by atoms with Gasteiger partial charge in [-0.1, -0.05) is 0 Å². The number of carbonyl (C=O) groups is 1. The summed E-state index contributed by atoms with van der Waals surface area (Å²) >= 11 is 3.25. The summed E-state index contributed by atoms with van der Waals surface area (Å²) in [7, 11) is 0. The average molecular weight is 309 g/mol. The Hall–Kier alpha value is -1.27. The first-order chi connectivity index (χ1) is 9.36. The molecule has 0 spiro atoms. The number of rotatable bonds is 4. The molecule has 0 bridgehead atoms. The summed E-state index contributed by atoms with van der Waals surface area (Å²) in [5, 5.41) is 5.06. The summed E-state index contributed by atoms with van der Waals surface area (Å²) < 4.78 is 0. The molecule has 1 N–H and O–H groups in total. The molecule has 2 rings (SSSR count). The molecule has 0 aliphatic carbocycles. The third-order valence-electron chi connectivity index (χ3n) is 3.05. The second kappa shape index (κ2) is 6.01.